The zero-order valence-corrected chi connectivity index (χ0v) is 14.5. The highest BCUT2D eigenvalue weighted by Gasteiger charge is 2.11. The van der Waals surface area contributed by atoms with Crippen molar-refractivity contribution in [2.24, 2.45) is 0 Å². The van der Waals surface area contributed by atoms with Crippen molar-refractivity contribution < 1.29 is 0 Å². The van der Waals surface area contributed by atoms with Crippen LogP contribution in [0.5, 0.6) is 0 Å². The molecule has 6 heteroatoms. The minimum absolute atomic E-state index is 0.121. The molecule has 6 nitrogen and oxygen atoms in total. The number of anilines is 1. The van der Waals surface area contributed by atoms with E-state index in [4.69, 9.17) is 0 Å². The fourth-order valence-corrected chi connectivity index (χ4v) is 3.07. The summed E-state index contributed by atoms with van der Waals surface area (Å²) in [6, 6.07) is 17.6. The number of imidazole rings is 1. The summed E-state index contributed by atoms with van der Waals surface area (Å²) in [5.74, 6) is 1.15. The minimum Gasteiger partial charge on any atom is -0.358 e. The number of nitrogens with zero attached hydrogens (tertiary/aromatic N) is 4. The lowest BCUT2D eigenvalue weighted by atomic mass is 10.3. The fraction of sp³-hybridized carbons (Fsp3) is 0.150. The van der Waals surface area contributed by atoms with Crippen molar-refractivity contribution in [3.8, 4) is 5.69 Å². The van der Waals surface area contributed by atoms with Crippen molar-refractivity contribution in [1.29, 1.82) is 0 Å². The molecule has 0 bridgehead atoms. The van der Waals surface area contributed by atoms with E-state index in [1.54, 1.807) is 10.8 Å². The molecule has 0 aliphatic heterocycles. The molecule has 130 valence electrons. The summed E-state index contributed by atoms with van der Waals surface area (Å²) in [7, 11) is 0. The predicted octanol–water partition coefficient (Wildman–Crippen LogP) is 3.21. The van der Waals surface area contributed by atoms with Gasteiger partial charge >= 0.3 is 0 Å². The van der Waals surface area contributed by atoms with Gasteiger partial charge in [-0.3, -0.25) is 4.79 Å². The summed E-state index contributed by atoms with van der Waals surface area (Å²) in [5, 5.41) is 3.16. The van der Waals surface area contributed by atoms with Gasteiger partial charge in [-0.15, -0.1) is 0 Å². The minimum atomic E-state index is -0.121. The van der Waals surface area contributed by atoms with Crippen LogP contribution in [0.25, 0.3) is 16.7 Å². The topological polar surface area (TPSA) is 64.7 Å². The molecule has 0 unspecified atom stereocenters. The number of aryl methyl sites for hydroxylation is 1. The van der Waals surface area contributed by atoms with E-state index < -0.39 is 0 Å². The first-order valence-corrected chi connectivity index (χ1v) is 8.59. The van der Waals surface area contributed by atoms with Gasteiger partial charge in [-0.05, 0) is 31.2 Å². The van der Waals surface area contributed by atoms with Crippen LogP contribution in [0.2, 0.25) is 0 Å². The Kier molecular flexibility index (Phi) is 4.23. The number of benzene rings is 2. The standard InChI is InChI=1S/C20H19N5O/c1-2-24-17-11-7-6-10-16(17)23-19(20(24)26)22-14-18-21-12-13-25(18)15-8-4-3-5-9-15/h3-13H,2,14H2,1H3,(H,22,23). The summed E-state index contributed by atoms with van der Waals surface area (Å²) in [4.78, 5) is 21.6. The highest BCUT2D eigenvalue weighted by molar-refractivity contribution is 5.76. The van der Waals surface area contributed by atoms with Gasteiger partial charge in [-0.25, -0.2) is 9.97 Å². The van der Waals surface area contributed by atoms with E-state index in [1.165, 1.54) is 0 Å². The van der Waals surface area contributed by atoms with Gasteiger partial charge in [0, 0.05) is 24.6 Å². The highest BCUT2D eigenvalue weighted by Crippen LogP contribution is 2.14. The van der Waals surface area contributed by atoms with Crippen molar-refractivity contribution in [3.05, 3.63) is 83.2 Å². The smallest absolute Gasteiger partial charge is 0.293 e. The molecule has 0 fully saturated rings. The molecule has 0 amide bonds. The largest absolute Gasteiger partial charge is 0.358 e. The van der Waals surface area contributed by atoms with Crippen LogP contribution in [0, 0.1) is 0 Å². The Balaban J connectivity index is 1.67. The summed E-state index contributed by atoms with van der Waals surface area (Å²) in [5.41, 5.74) is 2.54. The lowest BCUT2D eigenvalue weighted by Gasteiger charge is -2.12. The van der Waals surface area contributed by atoms with E-state index in [0.29, 0.717) is 18.9 Å². The van der Waals surface area contributed by atoms with Gasteiger partial charge in [-0.1, -0.05) is 30.3 Å². The maximum Gasteiger partial charge on any atom is 0.293 e. The first kappa shape index (κ1) is 16.1. The van der Waals surface area contributed by atoms with E-state index in [9.17, 15) is 4.79 Å². The van der Waals surface area contributed by atoms with Gasteiger partial charge in [0.1, 0.15) is 5.82 Å². The van der Waals surface area contributed by atoms with Crippen LogP contribution in [-0.2, 0) is 13.1 Å². The molecule has 0 spiro atoms. The van der Waals surface area contributed by atoms with E-state index in [-0.39, 0.29) is 5.56 Å². The first-order chi connectivity index (χ1) is 12.8. The van der Waals surface area contributed by atoms with Crippen molar-refractivity contribution >= 4 is 16.9 Å². The predicted molar refractivity (Wildman–Crippen MR) is 103 cm³/mol. The zero-order chi connectivity index (χ0) is 17.9. The number of hydrogen-bond acceptors (Lipinski definition) is 4. The van der Waals surface area contributed by atoms with Gasteiger partial charge < -0.3 is 14.5 Å². The van der Waals surface area contributed by atoms with Crippen LogP contribution >= 0.6 is 0 Å². The second kappa shape index (κ2) is 6.84. The van der Waals surface area contributed by atoms with Gasteiger partial charge in [0.15, 0.2) is 5.82 Å². The monoisotopic (exact) mass is 345 g/mol. The van der Waals surface area contributed by atoms with E-state index >= 15 is 0 Å². The molecule has 4 rings (SSSR count). The van der Waals surface area contributed by atoms with Gasteiger partial charge in [0.25, 0.3) is 5.56 Å². The Morgan fingerprint density at radius 3 is 2.62 bits per heavy atom. The maximum absolute atomic E-state index is 12.7. The van der Waals surface area contributed by atoms with Gasteiger partial charge in [0.05, 0.1) is 17.6 Å². The molecule has 26 heavy (non-hydrogen) atoms. The number of fused-ring (bicyclic) bond motifs is 1. The van der Waals surface area contributed by atoms with Crippen LogP contribution in [0.15, 0.2) is 71.8 Å². The summed E-state index contributed by atoms with van der Waals surface area (Å²) in [6.45, 7) is 2.96. The van der Waals surface area contributed by atoms with Gasteiger partial charge in [-0.2, -0.15) is 0 Å². The molecule has 0 saturated carbocycles. The van der Waals surface area contributed by atoms with Crippen LogP contribution in [0.4, 0.5) is 5.82 Å². The van der Waals surface area contributed by atoms with Crippen molar-refractivity contribution in [2.75, 3.05) is 5.32 Å². The van der Waals surface area contributed by atoms with Crippen LogP contribution in [-0.4, -0.2) is 19.1 Å². The Labute approximate surface area is 150 Å². The Bertz CT molecular complexity index is 1100. The molecule has 0 radical (unpaired) electrons. The van der Waals surface area contributed by atoms with Crippen molar-refractivity contribution in [1.82, 2.24) is 19.1 Å². The number of para-hydroxylation sites is 3. The first-order valence-electron chi connectivity index (χ1n) is 8.59. The SMILES string of the molecule is CCn1c(=O)c(NCc2nccn2-c2ccccc2)nc2ccccc21. The van der Waals surface area contributed by atoms with Crippen LogP contribution < -0.4 is 10.9 Å². The summed E-state index contributed by atoms with van der Waals surface area (Å²) in [6.07, 6.45) is 3.66. The lowest BCUT2D eigenvalue weighted by Crippen LogP contribution is -2.25. The second-order valence-electron chi connectivity index (χ2n) is 5.90. The molecule has 2 aromatic heterocycles. The molecular formula is C20H19N5O. The van der Waals surface area contributed by atoms with Crippen LogP contribution in [0.1, 0.15) is 12.7 Å². The normalized spacial score (nSPS) is 11.0. The highest BCUT2D eigenvalue weighted by atomic mass is 16.1. The van der Waals surface area contributed by atoms with Gasteiger partial charge in [0.2, 0.25) is 0 Å². The second-order valence-corrected chi connectivity index (χ2v) is 5.90. The molecule has 2 heterocycles. The number of nitrogens with one attached hydrogen (secondary N) is 1. The summed E-state index contributed by atoms with van der Waals surface area (Å²) < 4.78 is 3.72. The third-order valence-electron chi connectivity index (χ3n) is 4.33. The van der Waals surface area contributed by atoms with E-state index in [2.05, 4.69) is 15.3 Å². The quantitative estimate of drug-likeness (QED) is 0.603. The molecule has 0 saturated heterocycles. The molecule has 2 aromatic carbocycles. The average Bonchev–Trinajstić information content (AvgIpc) is 3.16. The third-order valence-corrected chi connectivity index (χ3v) is 4.33. The molecule has 1 N–H and O–H groups in total. The van der Waals surface area contributed by atoms with Crippen LogP contribution in [0.3, 0.4) is 0 Å². The van der Waals surface area contributed by atoms with Crippen molar-refractivity contribution in [3.63, 3.8) is 0 Å². The Morgan fingerprint density at radius 1 is 1.04 bits per heavy atom. The Hall–Kier alpha value is -3.41. The fourth-order valence-electron chi connectivity index (χ4n) is 3.07. The molecular weight excluding hydrogens is 326 g/mol. The number of hydrogen-bond donors (Lipinski definition) is 1. The average molecular weight is 345 g/mol. The molecule has 4 aromatic rings. The lowest BCUT2D eigenvalue weighted by molar-refractivity contribution is 0.752. The summed E-state index contributed by atoms with van der Waals surface area (Å²) >= 11 is 0. The Morgan fingerprint density at radius 2 is 1.81 bits per heavy atom. The van der Waals surface area contributed by atoms with Crippen molar-refractivity contribution in [2.45, 2.75) is 20.0 Å². The van der Waals surface area contributed by atoms with E-state index in [1.807, 2.05) is 72.3 Å². The zero-order valence-electron chi connectivity index (χ0n) is 14.5. The number of rotatable bonds is 5. The maximum atomic E-state index is 12.7. The molecule has 0 atom stereocenters. The number of aromatic nitrogens is 4. The third kappa shape index (κ3) is 2.86. The molecule has 0 aliphatic carbocycles. The molecule has 0 aliphatic rings. The van der Waals surface area contributed by atoms with E-state index in [0.717, 1.165) is 22.5 Å².